The Bertz CT molecular complexity index is 833. The smallest absolute Gasteiger partial charge is 0.283 e. The van der Waals surface area contributed by atoms with Crippen molar-refractivity contribution in [3.63, 3.8) is 0 Å². The Morgan fingerprint density at radius 1 is 1.19 bits per heavy atom. The summed E-state index contributed by atoms with van der Waals surface area (Å²) in [5.74, 6) is -0.562. The van der Waals surface area contributed by atoms with Gasteiger partial charge in [-0.2, -0.15) is 0 Å². The van der Waals surface area contributed by atoms with E-state index in [-0.39, 0.29) is 17.4 Å². The number of nitrogens with one attached hydrogen (secondary N) is 2. The molecule has 0 saturated carbocycles. The van der Waals surface area contributed by atoms with Gasteiger partial charge in [-0.15, -0.1) is 0 Å². The lowest BCUT2D eigenvalue weighted by atomic mass is 10.2. The van der Waals surface area contributed by atoms with E-state index in [1.165, 1.54) is 12.1 Å². The molecule has 0 aromatic heterocycles. The van der Waals surface area contributed by atoms with Gasteiger partial charge in [-0.3, -0.25) is 20.4 Å². The van der Waals surface area contributed by atoms with Crippen molar-refractivity contribution in [2.24, 2.45) is 0 Å². The normalized spacial score (nSPS) is 15.1. The van der Waals surface area contributed by atoms with Crippen LogP contribution in [0.5, 0.6) is 17.2 Å². The number of rotatable bonds is 4. The molecule has 1 atom stereocenters. The zero-order valence-electron chi connectivity index (χ0n) is 13.3. The van der Waals surface area contributed by atoms with Gasteiger partial charge in [-0.25, -0.2) is 4.39 Å². The Kier molecular flexibility index (Phi) is 5.43. The fraction of sp³-hybridized carbons (Fsp3) is 0.176. The third-order valence-electron chi connectivity index (χ3n) is 3.39. The van der Waals surface area contributed by atoms with Crippen LogP contribution >= 0.6 is 11.6 Å². The fourth-order valence-electron chi connectivity index (χ4n) is 2.11. The van der Waals surface area contributed by atoms with Crippen molar-refractivity contribution in [1.29, 1.82) is 0 Å². The first-order valence-electron chi connectivity index (χ1n) is 7.58. The van der Waals surface area contributed by atoms with Crippen LogP contribution in [0.3, 0.4) is 0 Å². The number of hydrogen-bond acceptors (Lipinski definition) is 5. The number of amides is 2. The average molecular weight is 381 g/mol. The number of halogens is 2. The average Bonchev–Trinajstić information content (AvgIpc) is 2.66. The maximum atomic E-state index is 13.0. The summed E-state index contributed by atoms with van der Waals surface area (Å²) in [5.41, 5.74) is 4.42. The van der Waals surface area contributed by atoms with Crippen molar-refractivity contribution in [3.8, 4) is 17.2 Å². The molecule has 26 heavy (non-hydrogen) atoms. The zero-order valence-corrected chi connectivity index (χ0v) is 14.1. The lowest BCUT2D eigenvalue weighted by Crippen LogP contribution is -2.51. The van der Waals surface area contributed by atoms with Gasteiger partial charge in [0.25, 0.3) is 11.8 Å². The first-order chi connectivity index (χ1) is 12.5. The van der Waals surface area contributed by atoms with Gasteiger partial charge >= 0.3 is 0 Å². The third-order valence-corrected chi connectivity index (χ3v) is 3.68. The Labute approximate surface area is 153 Å². The van der Waals surface area contributed by atoms with Crippen LogP contribution in [-0.2, 0) is 9.59 Å². The number of ether oxygens (including phenoxy) is 3. The molecule has 136 valence electrons. The molecule has 9 heteroatoms. The highest BCUT2D eigenvalue weighted by atomic mass is 35.5. The van der Waals surface area contributed by atoms with E-state index in [1.807, 2.05) is 0 Å². The molecule has 0 bridgehead atoms. The van der Waals surface area contributed by atoms with E-state index in [0.29, 0.717) is 11.5 Å². The minimum Gasteiger partial charge on any atom is -0.485 e. The Morgan fingerprint density at radius 2 is 1.96 bits per heavy atom. The van der Waals surface area contributed by atoms with Crippen LogP contribution in [-0.4, -0.2) is 31.1 Å². The molecule has 1 heterocycles. The van der Waals surface area contributed by atoms with Gasteiger partial charge in [0.1, 0.15) is 18.2 Å². The molecule has 0 spiro atoms. The van der Waals surface area contributed by atoms with Crippen LogP contribution in [0.2, 0.25) is 5.02 Å². The standard InChI is InChI=1S/C17H14ClFN2O5/c18-11-7-10(5-6-12(11)19)24-9-16(22)20-21-17(23)15-8-25-13-3-1-2-4-14(13)26-15/h1-7,15H,8-9H2,(H,20,22)(H,21,23). The van der Waals surface area contributed by atoms with Crippen LogP contribution in [0.4, 0.5) is 4.39 Å². The molecule has 2 N–H and O–H groups in total. The molecule has 7 nitrogen and oxygen atoms in total. The second-order valence-electron chi connectivity index (χ2n) is 5.27. The number of carbonyl (C=O) groups excluding carboxylic acids is 2. The Morgan fingerprint density at radius 3 is 2.73 bits per heavy atom. The number of benzene rings is 2. The van der Waals surface area contributed by atoms with Crippen molar-refractivity contribution >= 4 is 23.4 Å². The molecule has 2 aromatic rings. The summed E-state index contributed by atoms with van der Waals surface area (Å²) < 4.78 is 29.1. The summed E-state index contributed by atoms with van der Waals surface area (Å²) in [7, 11) is 0. The van der Waals surface area contributed by atoms with Crippen molar-refractivity contribution in [1.82, 2.24) is 10.9 Å². The lowest BCUT2D eigenvalue weighted by Gasteiger charge is -2.25. The van der Waals surface area contributed by atoms with Crippen LogP contribution in [0.25, 0.3) is 0 Å². The van der Waals surface area contributed by atoms with E-state index < -0.39 is 30.3 Å². The van der Waals surface area contributed by atoms with Crippen LogP contribution < -0.4 is 25.1 Å². The highest BCUT2D eigenvalue weighted by molar-refractivity contribution is 6.30. The van der Waals surface area contributed by atoms with Crippen molar-refractivity contribution in [2.75, 3.05) is 13.2 Å². The van der Waals surface area contributed by atoms with Crippen LogP contribution in [0.1, 0.15) is 0 Å². The lowest BCUT2D eigenvalue weighted by molar-refractivity contribution is -0.135. The van der Waals surface area contributed by atoms with Gasteiger partial charge in [0.05, 0.1) is 5.02 Å². The van der Waals surface area contributed by atoms with Crippen molar-refractivity contribution in [3.05, 3.63) is 53.3 Å². The molecule has 1 aliphatic heterocycles. The quantitative estimate of drug-likeness (QED) is 0.791. The molecule has 0 radical (unpaired) electrons. The molecular formula is C17H14ClFN2O5. The first kappa shape index (κ1) is 17.8. The number of carbonyl (C=O) groups is 2. The SMILES string of the molecule is O=C(COc1ccc(F)c(Cl)c1)NNC(=O)C1COc2ccccc2O1. The molecule has 1 unspecified atom stereocenters. The van der Waals surface area contributed by atoms with Crippen molar-refractivity contribution in [2.45, 2.75) is 6.10 Å². The maximum absolute atomic E-state index is 13.0. The minimum absolute atomic E-state index is 0.0172. The number of fused-ring (bicyclic) bond motifs is 1. The molecule has 0 saturated heterocycles. The fourth-order valence-corrected chi connectivity index (χ4v) is 2.28. The molecule has 2 amide bonds. The highest BCUT2D eigenvalue weighted by Crippen LogP contribution is 2.30. The third kappa shape index (κ3) is 4.34. The number of hydrogen-bond donors (Lipinski definition) is 2. The van der Waals surface area contributed by atoms with Gasteiger partial charge in [0, 0.05) is 6.07 Å². The maximum Gasteiger partial charge on any atom is 0.283 e. The van der Waals surface area contributed by atoms with E-state index in [4.69, 9.17) is 25.8 Å². The highest BCUT2D eigenvalue weighted by Gasteiger charge is 2.27. The summed E-state index contributed by atoms with van der Waals surface area (Å²) in [5, 5.41) is -0.120. The van der Waals surface area contributed by atoms with Gasteiger partial charge in [-0.05, 0) is 24.3 Å². The molecule has 0 fully saturated rings. The number of hydrazine groups is 1. The largest absolute Gasteiger partial charge is 0.485 e. The Balaban J connectivity index is 1.44. The van der Waals surface area contributed by atoms with Gasteiger partial charge in [0.15, 0.2) is 18.1 Å². The second-order valence-corrected chi connectivity index (χ2v) is 5.67. The molecule has 0 aliphatic carbocycles. The first-order valence-corrected chi connectivity index (χ1v) is 7.96. The summed E-state index contributed by atoms with van der Waals surface area (Å²) in [6.07, 6.45) is -0.901. The van der Waals surface area contributed by atoms with E-state index in [0.717, 1.165) is 6.07 Å². The Hall–Kier alpha value is -3.00. The van der Waals surface area contributed by atoms with Gasteiger partial charge in [0.2, 0.25) is 6.10 Å². The van der Waals surface area contributed by atoms with E-state index >= 15 is 0 Å². The minimum atomic E-state index is -0.901. The molecular weight excluding hydrogens is 367 g/mol. The van der Waals surface area contributed by atoms with Crippen molar-refractivity contribution < 1.29 is 28.2 Å². The van der Waals surface area contributed by atoms with Gasteiger partial charge in [-0.1, -0.05) is 23.7 Å². The predicted octanol–water partition coefficient (Wildman–Crippen LogP) is 1.85. The monoisotopic (exact) mass is 380 g/mol. The summed E-state index contributed by atoms with van der Waals surface area (Å²) in [6, 6.07) is 10.6. The van der Waals surface area contributed by atoms with Crippen LogP contribution in [0, 0.1) is 5.82 Å². The van der Waals surface area contributed by atoms with Crippen LogP contribution in [0.15, 0.2) is 42.5 Å². The van der Waals surface area contributed by atoms with Gasteiger partial charge < -0.3 is 14.2 Å². The second kappa shape index (κ2) is 7.92. The molecule has 3 rings (SSSR count). The molecule has 1 aliphatic rings. The topological polar surface area (TPSA) is 85.9 Å². The summed E-state index contributed by atoms with van der Waals surface area (Å²) in [6.45, 7) is -0.379. The predicted molar refractivity (Wildman–Crippen MR) is 89.5 cm³/mol. The van der Waals surface area contributed by atoms with E-state index in [9.17, 15) is 14.0 Å². The number of para-hydroxylation sites is 2. The molecule has 2 aromatic carbocycles. The summed E-state index contributed by atoms with van der Waals surface area (Å²) >= 11 is 5.62. The van der Waals surface area contributed by atoms with E-state index in [2.05, 4.69) is 10.9 Å². The zero-order chi connectivity index (χ0) is 18.5. The summed E-state index contributed by atoms with van der Waals surface area (Å²) in [4.78, 5) is 23.8. The van der Waals surface area contributed by atoms with E-state index in [1.54, 1.807) is 24.3 Å².